The predicted molar refractivity (Wildman–Crippen MR) is 170 cm³/mol. The summed E-state index contributed by atoms with van der Waals surface area (Å²) >= 11 is 12.6. The Balaban J connectivity index is 1.32. The minimum Gasteiger partial charge on any atom is -0.326 e. The Hall–Kier alpha value is -3.72. The summed E-state index contributed by atoms with van der Waals surface area (Å²) in [7, 11) is 0. The Bertz CT molecular complexity index is 1440. The third-order valence-electron chi connectivity index (χ3n) is 6.18. The molecule has 2 aliphatic heterocycles. The second-order valence-electron chi connectivity index (χ2n) is 9.17. The molecule has 2 aromatic carbocycles. The van der Waals surface area contributed by atoms with Crippen LogP contribution in [0.2, 0.25) is 0 Å². The van der Waals surface area contributed by atoms with Crippen molar-refractivity contribution in [2.45, 2.75) is 26.7 Å². The van der Waals surface area contributed by atoms with E-state index in [9.17, 15) is 28.8 Å². The summed E-state index contributed by atoms with van der Waals surface area (Å²) in [6.45, 7) is 2.93. The van der Waals surface area contributed by atoms with E-state index in [0.29, 0.717) is 22.5 Å². The van der Waals surface area contributed by atoms with E-state index in [-0.39, 0.29) is 67.8 Å². The van der Waals surface area contributed by atoms with Gasteiger partial charge in [0.15, 0.2) is 11.6 Å². The van der Waals surface area contributed by atoms with Crippen molar-refractivity contribution in [1.82, 2.24) is 9.80 Å². The molecular formula is C28H24N4O6S4. The first-order valence-electron chi connectivity index (χ1n) is 12.6. The van der Waals surface area contributed by atoms with Crippen molar-refractivity contribution in [3.63, 3.8) is 0 Å². The van der Waals surface area contributed by atoms with Gasteiger partial charge >= 0.3 is 0 Å². The van der Waals surface area contributed by atoms with Gasteiger partial charge in [-0.3, -0.25) is 38.6 Å². The molecule has 0 saturated carbocycles. The Labute approximate surface area is 260 Å². The van der Waals surface area contributed by atoms with Crippen LogP contribution in [-0.2, 0) is 19.2 Å². The number of carbonyl (C=O) groups excluding carboxylic acids is 6. The van der Waals surface area contributed by atoms with Crippen LogP contribution in [0.1, 0.15) is 47.4 Å². The van der Waals surface area contributed by atoms with Gasteiger partial charge in [0.25, 0.3) is 11.8 Å². The van der Waals surface area contributed by atoms with Crippen LogP contribution in [0, 0.1) is 0 Å². The Kier molecular flexibility index (Phi) is 10.0. The Morgan fingerprint density at radius 1 is 0.643 bits per heavy atom. The standard InChI is InChI=1S/C28H24N4O6S4/c1-15(33)17-3-7-19(8-4-17)29-21(35)11-13-31-25(37)23(41-27(31)39)24-26(38)32(28(40)42-24)14-12-22(36)30-20-9-5-18(6-10-20)16(2)34/h3-10H,11-14H2,1-2H3,(H,29,35)(H,30,36). The zero-order valence-electron chi connectivity index (χ0n) is 22.4. The lowest BCUT2D eigenvalue weighted by Crippen LogP contribution is -2.33. The first kappa shape index (κ1) is 31.2. The van der Waals surface area contributed by atoms with E-state index in [2.05, 4.69) is 10.6 Å². The van der Waals surface area contributed by atoms with E-state index in [4.69, 9.17) is 24.4 Å². The number of rotatable bonds is 10. The Morgan fingerprint density at radius 2 is 0.976 bits per heavy atom. The van der Waals surface area contributed by atoms with Crippen molar-refractivity contribution in [3.05, 3.63) is 69.5 Å². The highest BCUT2D eigenvalue weighted by molar-refractivity contribution is 8.29. The predicted octanol–water partition coefficient (Wildman–Crippen LogP) is 4.38. The lowest BCUT2D eigenvalue weighted by molar-refractivity contribution is -0.125. The largest absolute Gasteiger partial charge is 0.326 e. The van der Waals surface area contributed by atoms with Crippen molar-refractivity contribution in [1.29, 1.82) is 0 Å². The van der Waals surface area contributed by atoms with E-state index in [1.54, 1.807) is 48.5 Å². The van der Waals surface area contributed by atoms with Crippen LogP contribution in [0.5, 0.6) is 0 Å². The van der Waals surface area contributed by atoms with Gasteiger partial charge in [-0.2, -0.15) is 0 Å². The van der Waals surface area contributed by atoms with Crippen molar-refractivity contribution in [2.75, 3.05) is 23.7 Å². The number of benzene rings is 2. The summed E-state index contributed by atoms with van der Waals surface area (Å²) in [6.07, 6.45) is -0.0799. The molecule has 10 nitrogen and oxygen atoms in total. The lowest BCUT2D eigenvalue weighted by Gasteiger charge is -2.15. The first-order chi connectivity index (χ1) is 19.9. The number of nitrogens with zero attached hydrogens (tertiary/aromatic N) is 2. The van der Waals surface area contributed by atoms with Gasteiger partial charge in [0, 0.05) is 48.4 Å². The van der Waals surface area contributed by atoms with Crippen LogP contribution < -0.4 is 10.6 Å². The number of nitrogens with one attached hydrogen (secondary N) is 2. The summed E-state index contributed by atoms with van der Waals surface area (Å²) in [6, 6.07) is 12.9. The zero-order chi connectivity index (χ0) is 30.6. The third-order valence-corrected chi connectivity index (χ3v) is 9.21. The number of thiocarbonyl (C=S) groups is 2. The van der Waals surface area contributed by atoms with Crippen LogP contribution in [0.4, 0.5) is 11.4 Å². The minimum absolute atomic E-state index is 0.0133. The molecule has 0 unspecified atom stereocenters. The van der Waals surface area contributed by atoms with Crippen molar-refractivity contribution in [3.8, 4) is 0 Å². The van der Waals surface area contributed by atoms with Gasteiger partial charge in [-0.25, -0.2) is 0 Å². The molecule has 2 heterocycles. The molecule has 2 aromatic rings. The fraction of sp³-hybridized carbons (Fsp3) is 0.214. The number of anilines is 2. The lowest BCUT2D eigenvalue weighted by atomic mass is 10.1. The number of hydrogen-bond acceptors (Lipinski definition) is 10. The molecule has 14 heteroatoms. The molecule has 0 spiro atoms. The van der Waals surface area contributed by atoms with Crippen molar-refractivity contribution >= 4 is 103 Å². The van der Waals surface area contributed by atoms with Crippen molar-refractivity contribution in [2.24, 2.45) is 0 Å². The Morgan fingerprint density at radius 3 is 1.29 bits per heavy atom. The smallest absolute Gasteiger partial charge is 0.267 e. The molecule has 2 saturated heterocycles. The van der Waals surface area contributed by atoms with E-state index in [1.807, 2.05) is 0 Å². The van der Waals surface area contributed by atoms with Crippen LogP contribution in [-0.4, -0.2) is 66.7 Å². The molecule has 2 N–H and O–H groups in total. The van der Waals surface area contributed by atoms with Gasteiger partial charge in [0.05, 0.1) is 9.81 Å². The molecule has 2 aliphatic rings. The summed E-state index contributed by atoms with van der Waals surface area (Å²) in [4.78, 5) is 76.9. The topological polar surface area (TPSA) is 133 Å². The molecule has 2 fully saturated rings. The molecule has 216 valence electrons. The van der Waals surface area contributed by atoms with E-state index in [1.165, 1.54) is 23.6 Å². The van der Waals surface area contributed by atoms with Crippen LogP contribution >= 0.6 is 48.0 Å². The first-order valence-corrected chi connectivity index (χ1v) is 15.0. The monoisotopic (exact) mass is 640 g/mol. The second-order valence-corrected chi connectivity index (χ2v) is 12.5. The average molecular weight is 641 g/mol. The van der Waals surface area contributed by atoms with E-state index < -0.39 is 11.8 Å². The van der Waals surface area contributed by atoms with Gasteiger partial charge in [0.1, 0.15) is 8.64 Å². The van der Waals surface area contributed by atoms with Crippen LogP contribution in [0.25, 0.3) is 0 Å². The summed E-state index contributed by atoms with van der Waals surface area (Å²) in [5.74, 6) is -1.85. The summed E-state index contributed by atoms with van der Waals surface area (Å²) in [5.41, 5.74) is 2.07. The maximum Gasteiger partial charge on any atom is 0.267 e. The minimum atomic E-state index is -0.490. The fourth-order valence-electron chi connectivity index (χ4n) is 3.91. The van der Waals surface area contributed by atoms with Gasteiger partial charge in [-0.05, 0) is 62.4 Å². The average Bonchev–Trinajstić information content (AvgIpc) is 3.39. The number of Topliss-reactive ketones (excluding diaryl/α,β-unsaturated/α-hetero) is 2. The maximum absolute atomic E-state index is 13.2. The summed E-state index contributed by atoms with van der Waals surface area (Å²) in [5, 5.41) is 5.43. The quantitative estimate of drug-likeness (QED) is 0.219. The fourth-order valence-corrected chi connectivity index (χ4v) is 6.68. The number of hydrogen-bond donors (Lipinski definition) is 2. The van der Waals surface area contributed by atoms with Gasteiger partial charge in [-0.1, -0.05) is 48.0 Å². The molecular weight excluding hydrogens is 617 g/mol. The second kappa shape index (κ2) is 13.5. The molecule has 4 amide bonds. The highest BCUT2D eigenvalue weighted by atomic mass is 32.2. The molecule has 0 radical (unpaired) electrons. The van der Waals surface area contributed by atoms with E-state index in [0.717, 1.165) is 23.5 Å². The molecule has 0 aliphatic carbocycles. The van der Waals surface area contributed by atoms with Gasteiger partial charge < -0.3 is 10.6 Å². The highest BCUT2D eigenvalue weighted by Gasteiger charge is 2.42. The number of carbonyl (C=O) groups is 6. The normalized spacial score (nSPS) is 16.7. The number of ketones is 2. The molecule has 0 atom stereocenters. The van der Waals surface area contributed by atoms with E-state index >= 15 is 0 Å². The van der Waals surface area contributed by atoms with Crippen molar-refractivity contribution < 1.29 is 28.8 Å². The maximum atomic E-state index is 13.2. The zero-order valence-corrected chi connectivity index (χ0v) is 25.7. The van der Waals surface area contributed by atoms with Crippen LogP contribution in [0.3, 0.4) is 0 Å². The SMILES string of the molecule is CC(=O)c1ccc(NC(=O)CCN2C(=O)C(=C3SC(=S)N(CCC(=O)Nc4ccc(C(C)=O)cc4)C3=O)SC2=S)cc1. The summed E-state index contributed by atoms with van der Waals surface area (Å²) < 4.78 is 0.433. The molecule has 0 bridgehead atoms. The van der Waals surface area contributed by atoms with Gasteiger partial charge in [-0.15, -0.1) is 0 Å². The van der Waals surface area contributed by atoms with Crippen LogP contribution in [0.15, 0.2) is 58.3 Å². The van der Waals surface area contributed by atoms with Gasteiger partial charge in [0.2, 0.25) is 11.8 Å². The molecule has 0 aromatic heterocycles. The molecule has 42 heavy (non-hydrogen) atoms. The number of amides is 4. The molecule has 4 rings (SSSR count). The number of thioether (sulfide) groups is 2. The third kappa shape index (κ3) is 7.37. The highest BCUT2D eigenvalue weighted by Crippen LogP contribution is 2.42.